The molecule has 0 radical (unpaired) electrons. The number of hydrogen-bond donors (Lipinski definition) is 0. The fourth-order valence-electron chi connectivity index (χ4n) is 4.20. The van der Waals surface area contributed by atoms with Crippen molar-refractivity contribution < 1.29 is 4.74 Å². The zero-order valence-electron chi connectivity index (χ0n) is 20.7. The Morgan fingerprint density at radius 2 is 1.74 bits per heavy atom. The van der Waals surface area contributed by atoms with Crippen LogP contribution in [-0.4, -0.2) is 14.8 Å². The zero-order valence-corrected chi connectivity index (χ0v) is 22.2. The van der Waals surface area contributed by atoms with E-state index in [4.69, 9.17) is 26.4 Å². The van der Waals surface area contributed by atoms with E-state index in [-0.39, 0.29) is 0 Å². The van der Waals surface area contributed by atoms with E-state index in [1.165, 1.54) is 11.3 Å². The first-order valence-electron chi connectivity index (χ1n) is 12.3. The van der Waals surface area contributed by atoms with E-state index in [2.05, 4.69) is 6.07 Å². The quantitative estimate of drug-likeness (QED) is 0.189. The molecule has 0 aliphatic rings. The van der Waals surface area contributed by atoms with E-state index in [1.807, 2.05) is 120 Å². The van der Waals surface area contributed by atoms with Crippen molar-refractivity contribution in [2.24, 2.45) is 0 Å². The van der Waals surface area contributed by atoms with Crippen LogP contribution in [0, 0.1) is 11.3 Å². The number of fused-ring (bicyclic) bond motifs is 1. The highest BCUT2D eigenvalue weighted by molar-refractivity contribution is 7.19. The molecule has 6 rings (SSSR count). The van der Waals surface area contributed by atoms with E-state index in [0.29, 0.717) is 22.2 Å². The Hall–Kier alpha value is -4.70. The minimum absolute atomic E-state index is 0.419. The summed E-state index contributed by atoms with van der Waals surface area (Å²) in [4.78, 5) is 4.69. The van der Waals surface area contributed by atoms with Crippen LogP contribution in [0.1, 0.15) is 16.1 Å². The Labute approximate surface area is 234 Å². The van der Waals surface area contributed by atoms with Crippen LogP contribution in [0.15, 0.2) is 109 Å². The number of allylic oxidation sites excluding steroid dienone is 1. The fraction of sp³-hybridized carbons (Fsp3) is 0.0312. The zero-order chi connectivity index (χ0) is 26.6. The number of halogens is 1. The van der Waals surface area contributed by atoms with Gasteiger partial charge in [0.2, 0.25) is 0 Å². The summed E-state index contributed by atoms with van der Waals surface area (Å²) in [6.07, 6.45) is 3.80. The van der Waals surface area contributed by atoms with Crippen LogP contribution in [0.25, 0.3) is 38.8 Å². The molecule has 2 heterocycles. The van der Waals surface area contributed by atoms with Crippen molar-refractivity contribution in [3.63, 3.8) is 0 Å². The smallest absolute Gasteiger partial charge is 0.135 e. The summed E-state index contributed by atoms with van der Waals surface area (Å²) in [5.41, 5.74) is 5.74. The van der Waals surface area contributed by atoms with Crippen LogP contribution in [0.5, 0.6) is 5.75 Å². The average molecular weight is 545 g/mol. The standard InChI is InChI=1S/C32H21ClN4OS/c33-26-15-13-22(14-16-26)21-38-28-10-6-7-23(18-28)31-25(20-37(36-31)27-8-2-1-3-9-27)17-24(19-34)32-35-29-11-4-5-12-30(29)39-32/h1-18,20H,21H2/b24-17-. The van der Waals surface area contributed by atoms with E-state index >= 15 is 0 Å². The number of nitrogens with zero attached hydrogens (tertiary/aromatic N) is 4. The number of nitriles is 1. The van der Waals surface area contributed by atoms with Gasteiger partial charge in [-0.15, -0.1) is 11.3 Å². The normalized spacial score (nSPS) is 11.4. The highest BCUT2D eigenvalue weighted by Gasteiger charge is 2.15. The minimum Gasteiger partial charge on any atom is -0.489 e. The third-order valence-electron chi connectivity index (χ3n) is 6.13. The number of para-hydroxylation sites is 2. The molecule has 4 aromatic carbocycles. The largest absolute Gasteiger partial charge is 0.489 e. The van der Waals surface area contributed by atoms with Gasteiger partial charge in [-0.25, -0.2) is 9.67 Å². The van der Waals surface area contributed by atoms with Crippen molar-refractivity contribution in [1.82, 2.24) is 14.8 Å². The van der Waals surface area contributed by atoms with Crippen LogP contribution in [-0.2, 0) is 6.61 Å². The Morgan fingerprint density at radius 3 is 2.54 bits per heavy atom. The molecule has 6 aromatic rings. The maximum Gasteiger partial charge on any atom is 0.135 e. The average Bonchev–Trinajstić information content (AvgIpc) is 3.61. The summed E-state index contributed by atoms with van der Waals surface area (Å²) in [5, 5.41) is 16.4. The van der Waals surface area contributed by atoms with Crippen LogP contribution in [0.4, 0.5) is 0 Å². The highest BCUT2D eigenvalue weighted by Crippen LogP contribution is 2.32. The molecule has 0 saturated carbocycles. The molecule has 5 nitrogen and oxygen atoms in total. The monoisotopic (exact) mass is 544 g/mol. The number of aromatic nitrogens is 3. The van der Waals surface area contributed by atoms with Crippen molar-refractivity contribution in [2.75, 3.05) is 0 Å². The molecule has 0 aliphatic heterocycles. The summed E-state index contributed by atoms with van der Waals surface area (Å²) in [7, 11) is 0. The fourth-order valence-corrected chi connectivity index (χ4v) is 5.25. The van der Waals surface area contributed by atoms with Gasteiger partial charge in [0.25, 0.3) is 0 Å². The lowest BCUT2D eigenvalue weighted by Crippen LogP contribution is -1.96. The second-order valence-electron chi connectivity index (χ2n) is 8.81. The Kier molecular flexibility index (Phi) is 6.92. The van der Waals surface area contributed by atoms with Crippen LogP contribution in [0.3, 0.4) is 0 Å². The second-order valence-corrected chi connectivity index (χ2v) is 10.3. The molecular weight excluding hydrogens is 524 g/mol. The van der Waals surface area contributed by atoms with Gasteiger partial charge in [-0.3, -0.25) is 0 Å². The van der Waals surface area contributed by atoms with Crippen LogP contribution >= 0.6 is 22.9 Å². The molecule has 0 fully saturated rings. The molecule has 0 N–H and O–H groups in total. The number of ether oxygens (including phenoxy) is 1. The summed E-state index contributed by atoms with van der Waals surface area (Å²) in [5.74, 6) is 0.721. The summed E-state index contributed by atoms with van der Waals surface area (Å²) < 4.78 is 8.95. The van der Waals surface area contributed by atoms with Gasteiger partial charge in [0.05, 0.1) is 21.5 Å². The van der Waals surface area contributed by atoms with Crippen molar-refractivity contribution in [2.45, 2.75) is 6.61 Å². The maximum absolute atomic E-state index is 10.1. The minimum atomic E-state index is 0.419. The third-order valence-corrected chi connectivity index (χ3v) is 7.46. The first-order valence-corrected chi connectivity index (χ1v) is 13.5. The topological polar surface area (TPSA) is 63.7 Å². The van der Waals surface area contributed by atoms with E-state index in [1.54, 1.807) is 0 Å². The number of hydrogen-bond acceptors (Lipinski definition) is 5. The summed E-state index contributed by atoms with van der Waals surface area (Å²) >= 11 is 7.51. The highest BCUT2D eigenvalue weighted by atomic mass is 35.5. The maximum atomic E-state index is 10.1. The van der Waals surface area contributed by atoms with E-state index in [0.717, 1.165) is 44.0 Å². The molecule has 0 spiro atoms. The number of thiazole rings is 1. The predicted molar refractivity (Wildman–Crippen MR) is 158 cm³/mol. The molecule has 0 bridgehead atoms. The van der Waals surface area contributed by atoms with E-state index in [9.17, 15) is 5.26 Å². The first kappa shape index (κ1) is 24.6. The molecule has 0 saturated heterocycles. The van der Waals surface area contributed by atoms with Crippen molar-refractivity contribution in [3.05, 3.63) is 130 Å². The van der Waals surface area contributed by atoms with Gasteiger partial charge in [-0.05, 0) is 60.2 Å². The van der Waals surface area contributed by atoms with Gasteiger partial charge in [0, 0.05) is 22.3 Å². The summed E-state index contributed by atoms with van der Waals surface area (Å²) in [6.45, 7) is 0.419. The van der Waals surface area contributed by atoms with Gasteiger partial charge in [0.15, 0.2) is 0 Å². The van der Waals surface area contributed by atoms with Gasteiger partial charge in [0.1, 0.15) is 29.1 Å². The SMILES string of the molecule is N#C/C(=C/c1cn(-c2ccccc2)nc1-c1cccc(OCc2ccc(Cl)cc2)c1)c1nc2ccccc2s1. The molecule has 0 aliphatic carbocycles. The predicted octanol–water partition coefficient (Wildman–Crippen LogP) is 8.45. The lowest BCUT2D eigenvalue weighted by atomic mass is 10.1. The molecular formula is C32H21ClN4OS. The van der Waals surface area contributed by atoms with Gasteiger partial charge in [-0.2, -0.15) is 10.4 Å². The van der Waals surface area contributed by atoms with Crippen molar-refractivity contribution in [1.29, 1.82) is 5.26 Å². The Morgan fingerprint density at radius 1 is 0.949 bits per heavy atom. The van der Waals surface area contributed by atoms with Crippen LogP contribution in [0.2, 0.25) is 5.02 Å². The second kappa shape index (κ2) is 11.0. The molecule has 7 heteroatoms. The lowest BCUT2D eigenvalue weighted by Gasteiger charge is -2.08. The molecule has 0 amide bonds. The Bertz CT molecular complexity index is 1800. The number of rotatable bonds is 7. The molecule has 39 heavy (non-hydrogen) atoms. The molecule has 188 valence electrons. The third kappa shape index (κ3) is 5.46. The summed E-state index contributed by atoms with van der Waals surface area (Å²) in [6, 6.07) is 35.6. The van der Waals surface area contributed by atoms with Crippen molar-refractivity contribution in [3.8, 4) is 28.8 Å². The van der Waals surface area contributed by atoms with Crippen LogP contribution < -0.4 is 4.74 Å². The molecule has 0 unspecified atom stereocenters. The van der Waals surface area contributed by atoms with Crippen molar-refractivity contribution >= 4 is 44.8 Å². The van der Waals surface area contributed by atoms with Gasteiger partial charge < -0.3 is 4.74 Å². The number of benzene rings is 4. The first-order chi connectivity index (χ1) is 19.2. The van der Waals surface area contributed by atoms with E-state index < -0.39 is 0 Å². The van der Waals surface area contributed by atoms with Gasteiger partial charge in [-0.1, -0.05) is 66.2 Å². The molecule has 2 aromatic heterocycles. The van der Waals surface area contributed by atoms with Gasteiger partial charge >= 0.3 is 0 Å². The Balaban J connectivity index is 1.39. The molecule has 0 atom stereocenters. The lowest BCUT2D eigenvalue weighted by molar-refractivity contribution is 0.306.